The van der Waals surface area contributed by atoms with Gasteiger partial charge in [0.2, 0.25) is 0 Å². The number of hydrogen-bond donors (Lipinski definition) is 0. The molecule has 0 saturated carbocycles. The first-order valence-electron chi connectivity index (χ1n) is 8.66. The number of rotatable bonds is 6. The molecule has 0 aliphatic rings. The maximum Gasteiger partial charge on any atom is 0.573 e. The summed E-state index contributed by atoms with van der Waals surface area (Å²) >= 11 is 1.13. The van der Waals surface area contributed by atoms with Gasteiger partial charge in [0, 0.05) is 38.0 Å². The highest BCUT2D eigenvalue weighted by atomic mass is 32.1. The molecule has 29 heavy (non-hydrogen) atoms. The van der Waals surface area contributed by atoms with E-state index in [1.54, 1.807) is 24.9 Å². The van der Waals surface area contributed by atoms with Crippen molar-refractivity contribution in [3.8, 4) is 5.75 Å². The number of carbonyl (C=O) groups is 1. The lowest BCUT2D eigenvalue weighted by Crippen LogP contribution is -2.37. The van der Waals surface area contributed by atoms with Crippen LogP contribution in [0.4, 0.5) is 18.3 Å². The minimum Gasteiger partial charge on any atom is -0.406 e. The maximum atomic E-state index is 13.1. The molecule has 0 fully saturated rings. The molecule has 2 heterocycles. The zero-order valence-electron chi connectivity index (χ0n) is 16.3. The molecule has 0 spiro atoms. The Kier molecular flexibility index (Phi) is 5.80. The van der Waals surface area contributed by atoms with Crippen molar-refractivity contribution >= 4 is 32.6 Å². The van der Waals surface area contributed by atoms with Crippen LogP contribution in [-0.4, -0.2) is 59.1 Å². The molecular formula is C18H20F3N5O2S. The fraction of sp³-hybridized carbons (Fsp3) is 0.389. The Morgan fingerprint density at radius 3 is 2.59 bits per heavy atom. The van der Waals surface area contributed by atoms with Crippen LogP contribution in [0.1, 0.15) is 16.1 Å². The summed E-state index contributed by atoms with van der Waals surface area (Å²) in [4.78, 5) is 21.0. The van der Waals surface area contributed by atoms with E-state index in [1.165, 1.54) is 23.1 Å². The first-order valence-corrected chi connectivity index (χ1v) is 9.48. The lowest BCUT2D eigenvalue weighted by Gasteiger charge is -2.21. The molecule has 3 rings (SSSR count). The number of halogens is 3. The molecule has 0 radical (unpaired) electrons. The molecule has 7 nitrogen and oxygen atoms in total. The second-order valence-electron chi connectivity index (χ2n) is 6.77. The van der Waals surface area contributed by atoms with Crippen molar-refractivity contribution in [1.82, 2.24) is 19.7 Å². The van der Waals surface area contributed by atoms with Crippen LogP contribution in [0.15, 0.2) is 24.4 Å². The zero-order chi connectivity index (χ0) is 21.3. The highest BCUT2D eigenvalue weighted by Crippen LogP contribution is 2.33. The van der Waals surface area contributed by atoms with Crippen molar-refractivity contribution in [2.45, 2.75) is 13.3 Å². The number of ether oxygens (including phenoxy) is 1. The third kappa shape index (κ3) is 5.04. The first kappa shape index (κ1) is 21.1. The van der Waals surface area contributed by atoms with E-state index in [-0.39, 0.29) is 11.7 Å². The average molecular weight is 427 g/mol. The number of thiazole rings is 1. The summed E-state index contributed by atoms with van der Waals surface area (Å²) in [5.74, 6) is -0.636. The molecule has 2 aromatic heterocycles. The Morgan fingerprint density at radius 2 is 2.00 bits per heavy atom. The maximum absolute atomic E-state index is 13.1. The molecule has 0 aliphatic heterocycles. The number of benzene rings is 1. The topological polar surface area (TPSA) is 63.5 Å². The summed E-state index contributed by atoms with van der Waals surface area (Å²) in [5.41, 5.74) is 1.53. The number of nitrogens with zero attached hydrogens (tertiary/aromatic N) is 5. The molecular weight excluding hydrogens is 407 g/mol. The quantitative estimate of drug-likeness (QED) is 0.603. The van der Waals surface area contributed by atoms with Crippen LogP contribution in [-0.2, 0) is 7.05 Å². The van der Waals surface area contributed by atoms with Gasteiger partial charge in [0.25, 0.3) is 5.91 Å². The molecule has 0 aliphatic carbocycles. The summed E-state index contributed by atoms with van der Waals surface area (Å²) < 4.78 is 43.5. The van der Waals surface area contributed by atoms with Gasteiger partial charge < -0.3 is 9.64 Å². The van der Waals surface area contributed by atoms with Crippen molar-refractivity contribution in [1.29, 1.82) is 0 Å². The van der Waals surface area contributed by atoms with E-state index >= 15 is 0 Å². The van der Waals surface area contributed by atoms with Crippen LogP contribution in [0, 0.1) is 6.92 Å². The van der Waals surface area contributed by atoms with Crippen LogP contribution < -0.4 is 9.64 Å². The van der Waals surface area contributed by atoms with Crippen LogP contribution >= 0.6 is 11.3 Å². The fourth-order valence-corrected chi connectivity index (χ4v) is 3.75. The summed E-state index contributed by atoms with van der Waals surface area (Å²) in [6, 6.07) is 3.91. The first-order chi connectivity index (χ1) is 13.5. The molecule has 1 aromatic carbocycles. The Balaban J connectivity index is 1.97. The zero-order valence-corrected chi connectivity index (χ0v) is 17.1. The number of amides is 1. The highest BCUT2D eigenvalue weighted by Gasteiger charge is 2.31. The number of aryl methyl sites for hydroxylation is 2. The number of anilines is 1. The van der Waals surface area contributed by atoms with Gasteiger partial charge in [-0.1, -0.05) is 11.3 Å². The average Bonchev–Trinajstić information content (AvgIpc) is 3.15. The second-order valence-corrected chi connectivity index (χ2v) is 7.78. The summed E-state index contributed by atoms with van der Waals surface area (Å²) in [7, 11) is 5.50. The molecule has 11 heteroatoms. The molecule has 0 unspecified atom stereocenters. The Labute approximate surface area is 169 Å². The van der Waals surface area contributed by atoms with Crippen LogP contribution in [0.25, 0.3) is 10.2 Å². The Bertz CT molecular complexity index is 1030. The van der Waals surface area contributed by atoms with E-state index in [1.807, 2.05) is 19.0 Å². The number of aromatic nitrogens is 3. The van der Waals surface area contributed by atoms with E-state index in [9.17, 15) is 18.0 Å². The van der Waals surface area contributed by atoms with Gasteiger partial charge in [0.1, 0.15) is 5.75 Å². The number of fused-ring (bicyclic) bond motifs is 1. The fourth-order valence-electron chi connectivity index (χ4n) is 2.74. The Morgan fingerprint density at radius 1 is 1.28 bits per heavy atom. The molecule has 156 valence electrons. The van der Waals surface area contributed by atoms with Gasteiger partial charge in [-0.05, 0) is 33.2 Å². The van der Waals surface area contributed by atoms with Crippen molar-refractivity contribution < 1.29 is 22.7 Å². The van der Waals surface area contributed by atoms with Crippen molar-refractivity contribution in [3.05, 3.63) is 35.7 Å². The third-order valence-electron chi connectivity index (χ3n) is 4.04. The van der Waals surface area contributed by atoms with Crippen LogP contribution in [0.3, 0.4) is 0 Å². The number of alkyl halides is 3. The van der Waals surface area contributed by atoms with Gasteiger partial charge in [-0.2, -0.15) is 5.10 Å². The summed E-state index contributed by atoms with van der Waals surface area (Å²) in [6.45, 7) is 2.73. The standard InChI is InChI=1S/C18H20F3N5O2S/c1-11-10-25(4)23-15(11)16(27)26(8-7-24(2)3)17-22-13-6-5-12(9-14(13)29-17)28-18(19,20)21/h5-6,9-10H,7-8H2,1-4H3. The number of likely N-dealkylation sites (N-methyl/N-ethyl adjacent to an activating group) is 1. The Hall–Kier alpha value is -2.66. The van der Waals surface area contributed by atoms with Gasteiger partial charge in [-0.15, -0.1) is 13.2 Å². The summed E-state index contributed by atoms with van der Waals surface area (Å²) in [6.07, 6.45) is -3.03. The van der Waals surface area contributed by atoms with E-state index < -0.39 is 6.36 Å². The lowest BCUT2D eigenvalue weighted by molar-refractivity contribution is -0.274. The summed E-state index contributed by atoms with van der Waals surface area (Å²) in [5, 5.41) is 4.63. The number of carbonyl (C=O) groups excluding carboxylic acids is 1. The third-order valence-corrected chi connectivity index (χ3v) is 5.08. The normalized spacial score (nSPS) is 12.0. The predicted molar refractivity (Wildman–Crippen MR) is 104 cm³/mol. The predicted octanol–water partition coefficient (Wildman–Crippen LogP) is 3.45. The molecule has 0 saturated heterocycles. The van der Waals surface area contributed by atoms with Crippen molar-refractivity contribution in [2.75, 3.05) is 32.1 Å². The van der Waals surface area contributed by atoms with Crippen LogP contribution in [0.2, 0.25) is 0 Å². The van der Waals surface area contributed by atoms with Gasteiger partial charge in [0.15, 0.2) is 10.8 Å². The molecule has 0 N–H and O–H groups in total. The van der Waals surface area contributed by atoms with E-state index in [0.29, 0.717) is 34.1 Å². The second kappa shape index (κ2) is 7.99. The van der Waals surface area contributed by atoms with E-state index in [0.717, 1.165) is 16.9 Å². The minimum atomic E-state index is -4.77. The molecule has 0 bridgehead atoms. The van der Waals surface area contributed by atoms with Crippen molar-refractivity contribution in [2.24, 2.45) is 7.05 Å². The molecule has 0 atom stereocenters. The monoisotopic (exact) mass is 427 g/mol. The smallest absolute Gasteiger partial charge is 0.406 e. The van der Waals surface area contributed by atoms with Gasteiger partial charge in [-0.3, -0.25) is 14.4 Å². The SMILES string of the molecule is Cc1cn(C)nc1C(=O)N(CCN(C)C)c1nc2ccc(OC(F)(F)F)cc2s1. The highest BCUT2D eigenvalue weighted by molar-refractivity contribution is 7.22. The van der Waals surface area contributed by atoms with Gasteiger partial charge in [0.05, 0.1) is 10.2 Å². The molecule has 3 aromatic rings. The largest absolute Gasteiger partial charge is 0.573 e. The molecule has 1 amide bonds. The number of hydrogen-bond acceptors (Lipinski definition) is 6. The van der Waals surface area contributed by atoms with Gasteiger partial charge in [-0.25, -0.2) is 4.98 Å². The van der Waals surface area contributed by atoms with E-state index in [2.05, 4.69) is 14.8 Å². The van der Waals surface area contributed by atoms with Crippen LogP contribution in [0.5, 0.6) is 5.75 Å². The van der Waals surface area contributed by atoms with Crippen molar-refractivity contribution in [3.63, 3.8) is 0 Å². The van der Waals surface area contributed by atoms with E-state index in [4.69, 9.17) is 0 Å². The minimum absolute atomic E-state index is 0.309. The lowest BCUT2D eigenvalue weighted by atomic mass is 10.2. The van der Waals surface area contributed by atoms with Gasteiger partial charge >= 0.3 is 6.36 Å².